The summed E-state index contributed by atoms with van der Waals surface area (Å²) >= 11 is 0. The monoisotopic (exact) mass is 212 g/mol. The lowest BCUT2D eigenvalue weighted by atomic mass is 9.83. The van der Waals surface area contributed by atoms with Gasteiger partial charge in [0.15, 0.2) is 0 Å². The van der Waals surface area contributed by atoms with Crippen molar-refractivity contribution in [2.75, 3.05) is 0 Å². The normalized spacial score (nSPS) is 17.8. The van der Waals surface area contributed by atoms with Crippen LogP contribution in [-0.4, -0.2) is 0 Å². The van der Waals surface area contributed by atoms with Gasteiger partial charge >= 0.3 is 0 Å². The predicted octanol–water partition coefficient (Wildman–Crippen LogP) is 5.52. The zero-order valence-corrected chi connectivity index (χ0v) is 11.8. The Bertz CT molecular complexity index is 137. The first-order valence-corrected chi connectivity index (χ1v) is 6.99. The van der Waals surface area contributed by atoms with Crippen LogP contribution in [0.4, 0.5) is 0 Å². The molecule has 3 unspecified atom stereocenters. The number of hydrogen-bond donors (Lipinski definition) is 0. The molecule has 0 heterocycles. The van der Waals surface area contributed by atoms with E-state index < -0.39 is 0 Å². The first-order valence-electron chi connectivity index (χ1n) is 6.99. The summed E-state index contributed by atoms with van der Waals surface area (Å²) in [7, 11) is 0. The van der Waals surface area contributed by atoms with E-state index in [2.05, 4.69) is 41.5 Å². The van der Waals surface area contributed by atoms with Gasteiger partial charge in [0.05, 0.1) is 0 Å². The third-order valence-corrected chi connectivity index (χ3v) is 4.25. The smallest absolute Gasteiger partial charge is 0.0394 e. The maximum atomic E-state index is 2.42. The van der Waals surface area contributed by atoms with Gasteiger partial charge in [-0.15, -0.1) is 0 Å². The van der Waals surface area contributed by atoms with Crippen molar-refractivity contribution in [2.45, 2.75) is 73.6 Å². The largest absolute Gasteiger partial charge is 0.0651 e. The summed E-state index contributed by atoms with van der Waals surface area (Å²) in [4.78, 5) is 0. The van der Waals surface area contributed by atoms with E-state index in [4.69, 9.17) is 0 Å². The van der Waals surface area contributed by atoms with Crippen LogP contribution in [0.5, 0.6) is 0 Å². The van der Waals surface area contributed by atoms with Gasteiger partial charge in [0.2, 0.25) is 0 Å². The van der Waals surface area contributed by atoms with Crippen LogP contribution in [-0.2, 0) is 0 Å². The van der Waals surface area contributed by atoms with Gasteiger partial charge in [0, 0.05) is 0 Å². The Morgan fingerprint density at radius 2 is 1.33 bits per heavy atom. The molecular weight excluding hydrogens is 180 g/mol. The molecule has 0 bridgehead atoms. The summed E-state index contributed by atoms with van der Waals surface area (Å²) in [5.41, 5.74) is 0. The predicted molar refractivity (Wildman–Crippen MR) is 71.1 cm³/mol. The van der Waals surface area contributed by atoms with E-state index >= 15 is 0 Å². The van der Waals surface area contributed by atoms with Crippen LogP contribution < -0.4 is 0 Å². The maximum absolute atomic E-state index is 2.42. The van der Waals surface area contributed by atoms with Crippen LogP contribution in [0.1, 0.15) is 73.6 Å². The molecule has 0 aromatic heterocycles. The van der Waals surface area contributed by atoms with Gasteiger partial charge in [-0.05, 0) is 23.7 Å². The Kier molecular flexibility index (Phi) is 8.19. The quantitative estimate of drug-likeness (QED) is 0.465. The molecule has 0 N–H and O–H groups in total. The van der Waals surface area contributed by atoms with Crippen molar-refractivity contribution in [3.05, 3.63) is 0 Å². The SMILES string of the molecule is CCC(C)CCCCC(C)C(C)C(C)C. The van der Waals surface area contributed by atoms with E-state index in [0.29, 0.717) is 0 Å². The molecule has 0 nitrogen and oxygen atoms in total. The first-order chi connectivity index (χ1) is 6.99. The molecule has 0 aromatic rings. The lowest BCUT2D eigenvalue weighted by Crippen LogP contribution is -2.14. The first kappa shape index (κ1) is 15.0. The van der Waals surface area contributed by atoms with Crippen molar-refractivity contribution in [3.8, 4) is 0 Å². The lowest BCUT2D eigenvalue weighted by Gasteiger charge is -2.23. The van der Waals surface area contributed by atoms with E-state index in [0.717, 1.165) is 23.7 Å². The van der Waals surface area contributed by atoms with Crippen LogP contribution >= 0.6 is 0 Å². The highest BCUT2D eigenvalue weighted by atomic mass is 14.2. The fraction of sp³-hybridized carbons (Fsp3) is 1.00. The van der Waals surface area contributed by atoms with Gasteiger partial charge < -0.3 is 0 Å². The van der Waals surface area contributed by atoms with Gasteiger partial charge in [0.25, 0.3) is 0 Å². The Labute approximate surface area is 97.8 Å². The molecule has 0 saturated heterocycles. The molecule has 0 rings (SSSR count). The summed E-state index contributed by atoms with van der Waals surface area (Å²) in [5, 5.41) is 0. The Balaban J connectivity index is 3.50. The summed E-state index contributed by atoms with van der Waals surface area (Å²) in [6.07, 6.45) is 7.07. The van der Waals surface area contributed by atoms with Crippen molar-refractivity contribution in [2.24, 2.45) is 23.7 Å². The van der Waals surface area contributed by atoms with Crippen LogP contribution in [0, 0.1) is 23.7 Å². The van der Waals surface area contributed by atoms with E-state index in [1.54, 1.807) is 0 Å². The fourth-order valence-corrected chi connectivity index (χ4v) is 2.08. The number of rotatable bonds is 8. The molecule has 0 aliphatic carbocycles. The molecule has 0 saturated carbocycles. The van der Waals surface area contributed by atoms with Crippen LogP contribution in [0.15, 0.2) is 0 Å². The lowest BCUT2D eigenvalue weighted by molar-refractivity contribution is 0.273. The molecule has 0 aliphatic rings. The zero-order chi connectivity index (χ0) is 11.8. The molecule has 92 valence electrons. The average Bonchev–Trinajstić information content (AvgIpc) is 2.22. The molecule has 0 radical (unpaired) electrons. The third kappa shape index (κ3) is 6.98. The number of hydrogen-bond acceptors (Lipinski definition) is 0. The summed E-state index contributed by atoms with van der Waals surface area (Å²) in [6, 6.07) is 0. The van der Waals surface area contributed by atoms with E-state index in [9.17, 15) is 0 Å². The highest BCUT2D eigenvalue weighted by Gasteiger charge is 2.15. The van der Waals surface area contributed by atoms with Crippen molar-refractivity contribution < 1.29 is 0 Å². The molecule has 0 spiro atoms. The summed E-state index contributed by atoms with van der Waals surface area (Å²) in [6.45, 7) is 14.2. The molecule has 0 heteroatoms. The van der Waals surface area contributed by atoms with Crippen LogP contribution in [0.25, 0.3) is 0 Å². The van der Waals surface area contributed by atoms with E-state index in [-0.39, 0.29) is 0 Å². The molecular formula is C15H32. The van der Waals surface area contributed by atoms with Crippen molar-refractivity contribution in [1.29, 1.82) is 0 Å². The average molecular weight is 212 g/mol. The topological polar surface area (TPSA) is 0 Å². The van der Waals surface area contributed by atoms with E-state index in [1.807, 2.05) is 0 Å². The Morgan fingerprint density at radius 1 is 0.800 bits per heavy atom. The second-order valence-corrected chi connectivity index (χ2v) is 5.88. The third-order valence-electron chi connectivity index (χ3n) is 4.25. The van der Waals surface area contributed by atoms with Gasteiger partial charge in [-0.1, -0.05) is 73.6 Å². The molecule has 0 aliphatic heterocycles. The molecule has 3 atom stereocenters. The Hall–Kier alpha value is 0. The molecule has 15 heavy (non-hydrogen) atoms. The van der Waals surface area contributed by atoms with Gasteiger partial charge in [-0.2, -0.15) is 0 Å². The van der Waals surface area contributed by atoms with Crippen LogP contribution in [0.3, 0.4) is 0 Å². The minimum Gasteiger partial charge on any atom is -0.0651 e. The van der Waals surface area contributed by atoms with Crippen LogP contribution in [0.2, 0.25) is 0 Å². The minimum absolute atomic E-state index is 0.842. The van der Waals surface area contributed by atoms with Crippen molar-refractivity contribution in [3.63, 3.8) is 0 Å². The molecule has 0 amide bonds. The number of unbranched alkanes of at least 4 members (excludes halogenated alkanes) is 1. The molecule has 0 aromatic carbocycles. The van der Waals surface area contributed by atoms with Gasteiger partial charge in [-0.25, -0.2) is 0 Å². The Morgan fingerprint density at radius 3 is 1.80 bits per heavy atom. The standard InChI is InChI=1S/C15H32/c1-7-13(4)10-8-9-11-14(5)15(6)12(2)3/h12-15H,7-11H2,1-6H3. The van der Waals surface area contributed by atoms with Crippen molar-refractivity contribution >= 4 is 0 Å². The summed E-state index contributed by atoms with van der Waals surface area (Å²) in [5.74, 6) is 3.56. The second-order valence-electron chi connectivity index (χ2n) is 5.88. The highest BCUT2D eigenvalue weighted by Crippen LogP contribution is 2.25. The zero-order valence-electron chi connectivity index (χ0n) is 11.8. The van der Waals surface area contributed by atoms with Crippen molar-refractivity contribution in [1.82, 2.24) is 0 Å². The molecule has 0 fully saturated rings. The summed E-state index contributed by atoms with van der Waals surface area (Å²) < 4.78 is 0. The fourth-order valence-electron chi connectivity index (χ4n) is 2.08. The van der Waals surface area contributed by atoms with Gasteiger partial charge in [-0.3, -0.25) is 0 Å². The second kappa shape index (κ2) is 8.19. The van der Waals surface area contributed by atoms with E-state index in [1.165, 1.54) is 32.1 Å². The maximum Gasteiger partial charge on any atom is -0.0394 e. The van der Waals surface area contributed by atoms with Gasteiger partial charge in [0.1, 0.15) is 0 Å². The highest BCUT2D eigenvalue weighted by molar-refractivity contribution is 4.65. The minimum atomic E-state index is 0.842.